The highest BCUT2D eigenvalue weighted by atomic mass is 16.6. The Morgan fingerprint density at radius 3 is 3.16 bits per heavy atom. The first-order valence-corrected chi connectivity index (χ1v) is 6.37. The van der Waals surface area contributed by atoms with Crippen molar-refractivity contribution in [3.63, 3.8) is 0 Å². The molecular weight excluding hydrogens is 244 g/mol. The number of ether oxygens (including phenoxy) is 3. The monoisotopic (exact) mass is 262 g/mol. The summed E-state index contributed by atoms with van der Waals surface area (Å²) in [6, 6.07) is 9.67. The number of nitrogens with zero attached hydrogens (tertiary/aromatic N) is 1. The fraction of sp³-hybridized carbons (Fsp3) is 0.500. The number of hydrogen-bond donors (Lipinski definition) is 1. The van der Waals surface area contributed by atoms with E-state index in [-0.39, 0.29) is 12.7 Å². The van der Waals surface area contributed by atoms with Crippen LogP contribution in [0.1, 0.15) is 5.56 Å². The van der Waals surface area contributed by atoms with E-state index in [9.17, 15) is 0 Å². The molecule has 1 heterocycles. The molecule has 1 aliphatic rings. The maximum Gasteiger partial charge on any atom is 0.174 e. The molecule has 2 rings (SSSR count). The minimum atomic E-state index is 0.0735. The molecule has 1 N–H and O–H groups in total. The molecular formula is C14H18N2O3. The Bertz CT molecular complexity index is 425. The standard InChI is InChI=1S/C14H18N2O3/c15-4-5-18-13-3-1-2-12(8-13)9-16-10-14-11-17-6-7-19-14/h1-3,8,14,16H,5-7,9-11H2. The van der Waals surface area contributed by atoms with Crippen LogP contribution in [-0.4, -0.2) is 39.1 Å². The van der Waals surface area contributed by atoms with E-state index in [1.54, 1.807) is 0 Å². The highest BCUT2D eigenvalue weighted by Gasteiger charge is 2.13. The van der Waals surface area contributed by atoms with E-state index in [4.69, 9.17) is 19.5 Å². The van der Waals surface area contributed by atoms with Gasteiger partial charge in [0.1, 0.15) is 11.8 Å². The van der Waals surface area contributed by atoms with Crippen molar-refractivity contribution in [3.05, 3.63) is 29.8 Å². The smallest absolute Gasteiger partial charge is 0.174 e. The second-order valence-electron chi connectivity index (χ2n) is 4.29. The van der Waals surface area contributed by atoms with Crippen molar-refractivity contribution in [1.82, 2.24) is 5.32 Å². The van der Waals surface area contributed by atoms with Crippen LogP contribution in [-0.2, 0) is 16.0 Å². The normalized spacial score (nSPS) is 18.8. The van der Waals surface area contributed by atoms with E-state index < -0.39 is 0 Å². The molecule has 0 saturated carbocycles. The summed E-state index contributed by atoms with van der Waals surface area (Å²) in [6.07, 6.45) is 0.131. The molecule has 1 atom stereocenters. The van der Waals surface area contributed by atoms with Gasteiger partial charge in [-0.3, -0.25) is 0 Å². The lowest BCUT2D eigenvalue weighted by molar-refractivity contribution is -0.0864. The van der Waals surface area contributed by atoms with E-state index in [2.05, 4.69) is 5.32 Å². The molecule has 0 aliphatic carbocycles. The Balaban J connectivity index is 1.74. The number of hydrogen-bond acceptors (Lipinski definition) is 5. The number of benzene rings is 1. The van der Waals surface area contributed by atoms with E-state index in [1.165, 1.54) is 0 Å². The molecule has 1 aliphatic heterocycles. The summed E-state index contributed by atoms with van der Waals surface area (Å²) in [4.78, 5) is 0. The SMILES string of the molecule is N#CCOc1cccc(CNCC2COCCO2)c1. The molecule has 0 amide bonds. The van der Waals surface area contributed by atoms with Gasteiger partial charge in [-0.25, -0.2) is 0 Å². The van der Waals surface area contributed by atoms with Gasteiger partial charge in [0.2, 0.25) is 0 Å². The first-order chi connectivity index (χ1) is 9.38. The average Bonchev–Trinajstić information content (AvgIpc) is 2.47. The quantitative estimate of drug-likeness (QED) is 0.831. The molecule has 0 bridgehead atoms. The van der Waals surface area contributed by atoms with Crippen LogP contribution in [0.15, 0.2) is 24.3 Å². The Morgan fingerprint density at radius 2 is 2.37 bits per heavy atom. The molecule has 1 unspecified atom stereocenters. The third-order valence-electron chi connectivity index (χ3n) is 2.79. The molecule has 0 spiro atoms. The van der Waals surface area contributed by atoms with Gasteiger partial charge in [-0.1, -0.05) is 12.1 Å². The zero-order chi connectivity index (χ0) is 13.3. The van der Waals surface area contributed by atoms with E-state index in [1.807, 2.05) is 30.3 Å². The summed E-state index contributed by atoms with van der Waals surface area (Å²) in [7, 11) is 0. The van der Waals surface area contributed by atoms with Crippen LogP contribution in [0.25, 0.3) is 0 Å². The van der Waals surface area contributed by atoms with Crippen LogP contribution in [0.5, 0.6) is 5.75 Å². The second kappa shape index (κ2) is 7.74. The van der Waals surface area contributed by atoms with Crippen molar-refractivity contribution in [2.75, 3.05) is 33.0 Å². The predicted octanol–water partition coefficient (Wildman–Crippen LogP) is 1.09. The van der Waals surface area contributed by atoms with Crippen molar-refractivity contribution in [2.45, 2.75) is 12.6 Å². The third kappa shape index (κ3) is 4.87. The number of rotatable bonds is 6. The molecule has 5 nitrogen and oxygen atoms in total. The molecule has 5 heteroatoms. The maximum absolute atomic E-state index is 8.47. The van der Waals surface area contributed by atoms with Crippen LogP contribution >= 0.6 is 0 Å². The molecule has 1 fully saturated rings. The molecule has 1 saturated heterocycles. The fourth-order valence-electron chi connectivity index (χ4n) is 1.89. The minimum absolute atomic E-state index is 0.0735. The Hall–Kier alpha value is -1.61. The van der Waals surface area contributed by atoms with Crippen LogP contribution in [0, 0.1) is 11.3 Å². The average molecular weight is 262 g/mol. The van der Waals surface area contributed by atoms with Gasteiger partial charge in [-0.15, -0.1) is 0 Å². The van der Waals surface area contributed by atoms with Crippen molar-refractivity contribution in [2.24, 2.45) is 0 Å². The zero-order valence-corrected chi connectivity index (χ0v) is 10.8. The second-order valence-corrected chi connectivity index (χ2v) is 4.29. The molecule has 1 aromatic carbocycles. The van der Waals surface area contributed by atoms with Crippen molar-refractivity contribution in [3.8, 4) is 11.8 Å². The van der Waals surface area contributed by atoms with Crippen molar-refractivity contribution >= 4 is 0 Å². The lowest BCUT2D eigenvalue weighted by Gasteiger charge is -2.23. The van der Waals surface area contributed by atoms with Gasteiger partial charge in [0, 0.05) is 13.1 Å². The first-order valence-electron chi connectivity index (χ1n) is 6.37. The third-order valence-corrected chi connectivity index (χ3v) is 2.79. The molecule has 19 heavy (non-hydrogen) atoms. The number of nitrogens with one attached hydrogen (secondary N) is 1. The van der Waals surface area contributed by atoms with Crippen LogP contribution in [0.2, 0.25) is 0 Å². The maximum atomic E-state index is 8.47. The lowest BCUT2D eigenvalue weighted by Crippen LogP contribution is -2.37. The fourth-order valence-corrected chi connectivity index (χ4v) is 1.89. The van der Waals surface area contributed by atoms with Crippen molar-refractivity contribution < 1.29 is 14.2 Å². The van der Waals surface area contributed by atoms with Crippen molar-refractivity contribution in [1.29, 1.82) is 5.26 Å². The highest BCUT2D eigenvalue weighted by molar-refractivity contribution is 5.28. The summed E-state index contributed by atoms with van der Waals surface area (Å²) in [5.41, 5.74) is 1.12. The Kier molecular flexibility index (Phi) is 5.63. The van der Waals surface area contributed by atoms with E-state index in [0.717, 1.165) is 24.4 Å². The highest BCUT2D eigenvalue weighted by Crippen LogP contribution is 2.13. The summed E-state index contributed by atoms with van der Waals surface area (Å²) in [6.45, 7) is 3.59. The molecule has 0 aromatic heterocycles. The first kappa shape index (κ1) is 13.8. The summed E-state index contributed by atoms with van der Waals surface area (Å²) < 4.78 is 16.1. The lowest BCUT2D eigenvalue weighted by atomic mass is 10.2. The van der Waals surface area contributed by atoms with E-state index >= 15 is 0 Å². The predicted molar refractivity (Wildman–Crippen MR) is 69.8 cm³/mol. The zero-order valence-electron chi connectivity index (χ0n) is 10.8. The van der Waals surface area contributed by atoms with Crippen LogP contribution in [0.4, 0.5) is 0 Å². The Labute approximate surface area is 113 Å². The van der Waals surface area contributed by atoms with Gasteiger partial charge in [-0.05, 0) is 17.7 Å². The largest absolute Gasteiger partial charge is 0.479 e. The summed E-state index contributed by atoms with van der Waals surface area (Å²) in [5.74, 6) is 0.720. The van der Waals surface area contributed by atoms with Gasteiger partial charge in [0.05, 0.1) is 25.9 Å². The summed E-state index contributed by atoms with van der Waals surface area (Å²) >= 11 is 0. The van der Waals surface area contributed by atoms with Crippen LogP contribution in [0.3, 0.4) is 0 Å². The van der Waals surface area contributed by atoms with Gasteiger partial charge in [0.15, 0.2) is 6.61 Å². The Morgan fingerprint density at radius 1 is 1.42 bits per heavy atom. The topological polar surface area (TPSA) is 63.5 Å². The van der Waals surface area contributed by atoms with E-state index in [0.29, 0.717) is 19.8 Å². The van der Waals surface area contributed by atoms with Gasteiger partial charge in [-0.2, -0.15) is 5.26 Å². The minimum Gasteiger partial charge on any atom is -0.479 e. The van der Waals surface area contributed by atoms with Gasteiger partial charge in [0.25, 0.3) is 0 Å². The van der Waals surface area contributed by atoms with Crippen LogP contribution < -0.4 is 10.1 Å². The summed E-state index contributed by atoms with van der Waals surface area (Å²) in [5, 5.41) is 11.8. The van der Waals surface area contributed by atoms with Gasteiger partial charge < -0.3 is 19.5 Å². The molecule has 102 valence electrons. The number of nitriles is 1. The molecule has 1 aromatic rings. The molecule has 0 radical (unpaired) electrons. The van der Waals surface area contributed by atoms with Gasteiger partial charge >= 0.3 is 0 Å².